The zero-order valence-corrected chi connectivity index (χ0v) is 18.2. The quantitative estimate of drug-likeness (QED) is 0.383. The number of nitrogens with one attached hydrogen (secondary N) is 2. The van der Waals surface area contributed by atoms with Crippen molar-refractivity contribution in [3.63, 3.8) is 0 Å². The summed E-state index contributed by atoms with van der Waals surface area (Å²) < 4.78 is 41.0. The average Bonchev–Trinajstić information content (AvgIpc) is 3.41. The lowest BCUT2D eigenvalue weighted by molar-refractivity contribution is -0.137. The molecule has 10 heteroatoms. The van der Waals surface area contributed by atoms with E-state index in [4.69, 9.17) is 0 Å². The number of alkyl halides is 3. The van der Waals surface area contributed by atoms with E-state index in [0.717, 1.165) is 18.0 Å². The van der Waals surface area contributed by atoms with E-state index >= 15 is 0 Å². The lowest BCUT2D eigenvalue weighted by Crippen LogP contribution is -2.13. The maximum atomic E-state index is 13.1. The number of aromatic amines is 1. The van der Waals surface area contributed by atoms with E-state index in [1.165, 1.54) is 6.07 Å². The van der Waals surface area contributed by atoms with Gasteiger partial charge in [0.15, 0.2) is 0 Å². The maximum Gasteiger partial charge on any atom is 0.416 e. The number of hydrogen-bond acceptors (Lipinski definition) is 4. The van der Waals surface area contributed by atoms with Crippen LogP contribution in [0.1, 0.15) is 16.1 Å². The van der Waals surface area contributed by atoms with Crippen molar-refractivity contribution in [2.45, 2.75) is 6.18 Å². The minimum atomic E-state index is -4.42. The Morgan fingerprint density at radius 1 is 1.00 bits per heavy atom. The van der Waals surface area contributed by atoms with Gasteiger partial charge in [0, 0.05) is 20.3 Å². The van der Waals surface area contributed by atoms with Crippen molar-refractivity contribution in [1.82, 2.24) is 19.4 Å². The van der Waals surface area contributed by atoms with Crippen LogP contribution >= 0.6 is 0 Å². The Morgan fingerprint density at radius 2 is 1.76 bits per heavy atom. The molecule has 0 spiro atoms. The molecule has 0 bridgehead atoms. The van der Waals surface area contributed by atoms with Crippen LogP contribution in [-0.4, -0.2) is 39.4 Å². The van der Waals surface area contributed by atoms with Gasteiger partial charge in [-0.15, -0.1) is 0 Å². The number of amides is 1. The summed E-state index contributed by atoms with van der Waals surface area (Å²) in [4.78, 5) is 26.5. The Morgan fingerprint density at radius 3 is 2.53 bits per heavy atom. The van der Waals surface area contributed by atoms with Crippen LogP contribution in [0, 0.1) is 0 Å². The standard InChI is InChI=1S/C24H19F3N6O/c1-32(2)21-8-4-7-20-28-19(13-33(20)21)22(34)31-23-29-17-10-9-15(12-18(17)30-23)14-5-3-6-16(11-14)24(25,26)27/h3-13H,1-2H3,(H2,29,30,31,34). The molecule has 0 unspecified atom stereocenters. The Hall–Kier alpha value is -4.34. The number of carbonyl (C=O) groups excluding carboxylic acids is 1. The summed E-state index contributed by atoms with van der Waals surface area (Å²) in [5.74, 6) is 0.645. The third kappa shape index (κ3) is 3.94. The molecule has 0 radical (unpaired) electrons. The first kappa shape index (κ1) is 21.5. The number of fused-ring (bicyclic) bond motifs is 2. The predicted octanol–water partition coefficient (Wildman–Crippen LogP) is 5.21. The smallest absolute Gasteiger partial charge is 0.364 e. The summed E-state index contributed by atoms with van der Waals surface area (Å²) in [7, 11) is 3.80. The van der Waals surface area contributed by atoms with Crippen molar-refractivity contribution in [2.24, 2.45) is 0 Å². The summed E-state index contributed by atoms with van der Waals surface area (Å²) in [5, 5.41) is 2.70. The number of aromatic nitrogens is 4. The van der Waals surface area contributed by atoms with Crippen LogP contribution in [0.4, 0.5) is 24.9 Å². The molecular weight excluding hydrogens is 445 g/mol. The fraction of sp³-hybridized carbons (Fsp3) is 0.125. The zero-order chi connectivity index (χ0) is 24.0. The molecule has 34 heavy (non-hydrogen) atoms. The number of halogens is 3. The SMILES string of the molecule is CN(C)c1cccc2nc(C(=O)Nc3nc4ccc(-c5cccc(C(F)(F)F)c5)cc4[nH]3)cn12. The average molecular weight is 464 g/mol. The number of nitrogens with zero attached hydrogens (tertiary/aromatic N) is 4. The molecule has 0 saturated heterocycles. The highest BCUT2D eigenvalue weighted by molar-refractivity contribution is 6.03. The van der Waals surface area contributed by atoms with Crippen LogP contribution in [0.25, 0.3) is 27.8 Å². The Kier molecular flexibility index (Phi) is 5.00. The van der Waals surface area contributed by atoms with Crippen LogP contribution in [-0.2, 0) is 6.18 Å². The molecule has 2 aromatic carbocycles. The summed E-state index contributed by atoms with van der Waals surface area (Å²) in [6.07, 6.45) is -2.77. The molecule has 172 valence electrons. The van der Waals surface area contributed by atoms with E-state index < -0.39 is 17.6 Å². The minimum Gasteiger partial charge on any atom is -0.364 e. The molecule has 0 saturated carbocycles. The molecule has 0 aliphatic carbocycles. The second kappa shape index (κ2) is 7.91. The molecule has 0 aliphatic heterocycles. The molecule has 7 nitrogen and oxygen atoms in total. The van der Waals surface area contributed by atoms with Crippen molar-refractivity contribution >= 4 is 34.4 Å². The summed E-state index contributed by atoms with van der Waals surface area (Å²) >= 11 is 0. The van der Waals surface area contributed by atoms with E-state index in [-0.39, 0.29) is 11.6 Å². The van der Waals surface area contributed by atoms with Crippen LogP contribution in [0.3, 0.4) is 0 Å². The number of pyridine rings is 1. The minimum absolute atomic E-state index is 0.214. The number of benzene rings is 2. The molecule has 3 heterocycles. The van der Waals surface area contributed by atoms with E-state index in [9.17, 15) is 18.0 Å². The van der Waals surface area contributed by atoms with Gasteiger partial charge in [-0.1, -0.05) is 24.3 Å². The van der Waals surface area contributed by atoms with E-state index in [1.807, 2.05) is 35.5 Å². The van der Waals surface area contributed by atoms with Crippen molar-refractivity contribution in [3.05, 3.63) is 78.1 Å². The van der Waals surface area contributed by atoms with E-state index in [1.54, 1.807) is 36.5 Å². The third-order valence-corrected chi connectivity index (χ3v) is 5.40. The Bertz CT molecular complexity index is 1530. The second-order valence-electron chi connectivity index (χ2n) is 7.98. The number of H-pyrrole nitrogens is 1. The molecule has 5 rings (SSSR count). The van der Waals surface area contributed by atoms with Crippen molar-refractivity contribution in [3.8, 4) is 11.1 Å². The second-order valence-corrected chi connectivity index (χ2v) is 7.98. The van der Waals surface area contributed by atoms with Crippen molar-refractivity contribution in [2.75, 3.05) is 24.3 Å². The molecule has 5 aromatic rings. The zero-order valence-electron chi connectivity index (χ0n) is 18.2. The number of anilines is 2. The molecule has 2 N–H and O–H groups in total. The Balaban J connectivity index is 1.42. The van der Waals surface area contributed by atoms with Gasteiger partial charge in [-0.05, 0) is 47.5 Å². The largest absolute Gasteiger partial charge is 0.416 e. The van der Waals surface area contributed by atoms with Gasteiger partial charge in [-0.2, -0.15) is 13.2 Å². The van der Waals surface area contributed by atoms with Gasteiger partial charge in [-0.3, -0.25) is 14.5 Å². The first-order valence-corrected chi connectivity index (χ1v) is 10.3. The number of hydrogen-bond donors (Lipinski definition) is 2. The van der Waals surface area contributed by atoms with Crippen molar-refractivity contribution < 1.29 is 18.0 Å². The maximum absolute atomic E-state index is 13.1. The monoisotopic (exact) mass is 464 g/mol. The summed E-state index contributed by atoms with van der Waals surface area (Å²) in [6, 6.07) is 15.8. The van der Waals surface area contributed by atoms with Gasteiger partial charge in [-0.25, -0.2) is 9.97 Å². The molecule has 0 fully saturated rings. The van der Waals surface area contributed by atoms with Crippen LogP contribution in [0.5, 0.6) is 0 Å². The fourth-order valence-corrected chi connectivity index (χ4v) is 3.77. The van der Waals surface area contributed by atoms with Crippen LogP contribution in [0.15, 0.2) is 66.9 Å². The molecule has 1 amide bonds. The van der Waals surface area contributed by atoms with Gasteiger partial charge in [0.1, 0.15) is 17.2 Å². The fourth-order valence-electron chi connectivity index (χ4n) is 3.77. The van der Waals surface area contributed by atoms with Gasteiger partial charge in [0.25, 0.3) is 5.91 Å². The normalized spacial score (nSPS) is 11.8. The molecule has 3 aromatic heterocycles. The highest BCUT2D eigenvalue weighted by atomic mass is 19.4. The summed E-state index contributed by atoms with van der Waals surface area (Å²) in [5.41, 5.74) is 2.31. The first-order valence-electron chi connectivity index (χ1n) is 10.3. The topological polar surface area (TPSA) is 78.3 Å². The molecular formula is C24H19F3N6O. The third-order valence-electron chi connectivity index (χ3n) is 5.40. The van der Waals surface area contributed by atoms with Crippen molar-refractivity contribution in [1.29, 1.82) is 0 Å². The number of imidazole rings is 2. The number of carbonyl (C=O) groups is 1. The Labute approximate surface area is 191 Å². The van der Waals surface area contributed by atoms with Gasteiger partial charge in [0.2, 0.25) is 5.95 Å². The van der Waals surface area contributed by atoms with E-state index in [2.05, 4.69) is 20.3 Å². The van der Waals surface area contributed by atoms with Gasteiger partial charge >= 0.3 is 6.18 Å². The van der Waals surface area contributed by atoms with Crippen LogP contribution < -0.4 is 10.2 Å². The van der Waals surface area contributed by atoms with E-state index in [0.29, 0.717) is 27.8 Å². The first-order chi connectivity index (χ1) is 16.2. The highest BCUT2D eigenvalue weighted by Crippen LogP contribution is 2.33. The summed E-state index contributed by atoms with van der Waals surface area (Å²) in [6.45, 7) is 0. The predicted molar refractivity (Wildman–Crippen MR) is 124 cm³/mol. The lowest BCUT2D eigenvalue weighted by Gasteiger charge is -2.13. The number of rotatable bonds is 4. The van der Waals surface area contributed by atoms with Gasteiger partial charge < -0.3 is 9.88 Å². The molecule has 0 aliphatic rings. The lowest BCUT2D eigenvalue weighted by atomic mass is 10.0. The highest BCUT2D eigenvalue weighted by Gasteiger charge is 2.30. The van der Waals surface area contributed by atoms with Crippen LogP contribution in [0.2, 0.25) is 0 Å². The molecule has 0 atom stereocenters. The van der Waals surface area contributed by atoms with Gasteiger partial charge in [0.05, 0.1) is 16.6 Å².